The van der Waals surface area contributed by atoms with Gasteiger partial charge in [0.25, 0.3) is 5.91 Å². The summed E-state index contributed by atoms with van der Waals surface area (Å²) in [6, 6.07) is 14.6. The topological polar surface area (TPSA) is 54.9 Å². The monoisotopic (exact) mass is 249 g/mol. The maximum Gasteiger partial charge on any atom is 0.274 e. The first kappa shape index (κ1) is 11.3. The van der Waals surface area contributed by atoms with E-state index in [0.29, 0.717) is 5.69 Å². The number of amides is 1. The normalized spacial score (nSPS) is 10.3. The van der Waals surface area contributed by atoms with E-state index in [2.05, 4.69) is 15.3 Å². The minimum absolute atomic E-state index is 0.225. The van der Waals surface area contributed by atoms with Crippen LogP contribution in [0.25, 0.3) is 10.9 Å². The molecule has 0 unspecified atom stereocenters. The first-order valence-corrected chi connectivity index (χ1v) is 5.91. The molecule has 1 aromatic carbocycles. The van der Waals surface area contributed by atoms with Crippen LogP contribution in [0, 0.1) is 0 Å². The Balaban J connectivity index is 1.96. The van der Waals surface area contributed by atoms with Crippen LogP contribution in [0.3, 0.4) is 0 Å². The number of anilines is 1. The lowest BCUT2D eigenvalue weighted by Gasteiger charge is -2.07. The number of hydrogen-bond acceptors (Lipinski definition) is 3. The fourth-order valence-electron chi connectivity index (χ4n) is 1.90. The summed E-state index contributed by atoms with van der Waals surface area (Å²) in [7, 11) is 0. The average Bonchev–Trinajstić information content (AvgIpc) is 2.48. The number of hydrogen-bond donors (Lipinski definition) is 1. The Bertz CT molecular complexity index is 720. The molecule has 4 heteroatoms. The maximum absolute atomic E-state index is 12.1. The van der Waals surface area contributed by atoms with Crippen LogP contribution in [0.5, 0.6) is 0 Å². The van der Waals surface area contributed by atoms with Gasteiger partial charge in [-0.15, -0.1) is 0 Å². The highest BCUT2D eigenvalue weighted by atomic mass is 16.1. The second kappa shape index (κ2) is 4.86. The number of rotatable bonds is 2. The molecule has 92 valence electrons. The van der Waals surface area contributed by atoms with Crippen molar-refractivity contribution in [3.63, 3.8) is 0 Å². The van der Waals surface area contributed by atoms with Crippen LogP contribution in [0.15, 0.2) is 60.9 Å². The number of aromatic nitrogens is 2. The van der Waals surface area contributed by atoms with Crippen LogP contribution in [0.2, 0.25) is 0 Å². The number of pyridine rings is 2. The van der Waals surface area contributed by atoms with Gasteiger partial charge < -0.3 is 5.32 Å². The number of carbonyl (C=O) groups excluding carboxylic acids is 1. The number of fused-ring (bicyclic) bond motifs is 1. The van der Waals surface area contributed by atoms with Crippen molar-refractivity contribution in [3.05, 3.63) is 66.6 Å². The summed E-state index contributed by atoms with van der Waals surface area (Å²) >= 11 is 0. The molecule has 19 heavy (non-hydrogen) atoms. The van der Waals surface area contributed by atoms with Crippen molar-refractivity contribution >= 4 is 22.5 Å². The highest BCUT2D eigenvalue weighted by Gasteiger charge is 2.08. The molecule has 0 aliphatic rings. The van der Waals surface area contributed by atoms with Gasteiger partial charge in [0.05, 0.1) is 11.2 Å². The van der Waals surface area contributed by atoms with E-state index in [-0.39, 0.29) is 5.91 Å². The second-order valence-electron chi connectivity index (χ2n) is 4.04. The predicted octanol–water partition coefficient (Wildman–Crippen LogP) is 2.88. The van der Waals surface area contributed by atoms with E-state index in [1.54, 1.807) is 30.6 Å². The van der Waals surface area contributed by atoms with Gasteiger partial charge in [0, 0.05) is 17.8 Å². The molecule has 2 aromatic heterocycles. The zero-order valence-electron chi connectivity index (χ0n) is 10.1. The number of nitrogens with one attached hydrogen (secondary N) is 1. The van der Waals surface area contributed by atoms with E-state index >= 15 is 0 Å². The highest BCUT2D eigenvalue weighted by Crippen LogP contribution is 2.21. The molecule has 3 rings (SSSR count). The first-order chi connectivity index (χ1) is 9.34. The molecule has 2 heterocycles. The summed E-state index contributed by atoms with van der Waals surface area (Å²) in [4.78, 5) is 20.3. The molecule has 1 amide bonds. The minimum Gasteiger partial charge on any atom is -0.320 e. The van der Waals surface area contributed by atoms with Gasteiger partial charge in [0.1, 0.15) is 5.69 Å². The lowest BCUT2D eigenvalue weighted by molar-refractivity contribution is 0.102. The Morgan fingerprint density at radius 2 is 1.79 bits per heavy atom. The highest BCUT2D eigenvalue weighted by molar-refractivity contribution is 6.07. The quantitative estimate of drug-likeness (QED) is 0.759. The molecular formula is C15H11N3O. The number of benzene rings is 1. The molecule has 4 nitrogen and oxygen atoms in total. The summed E-state index contributed by atoms with van der Waals surface area (Å²) in [5, 5.41) is 3.77. The molecule has 0 aliphatic carbocycles. The van der Waals surface area contributed by atoms with Crippen LogP contribution in [-0.4, -0.2) is 15.9 Å². The third kappa shape index (κ3) is 2.28. The summed E-state index contributed by atoms with van der Waals surface area (Å²) in [5.74, 6) is -0.225. The van der Waals surface area contributed by atoms with Crippen molar-refractivity contribution in [2.45, 2.75) is 0 Å². The summed E-state index contributed by atoms with van der Waals surface area (Å²) in [6.45, 7) is 0. The van der Waals surface area contributed by atoms with Gasteiger partial charge in [-0.3, -0.25) is 14.8 Å². The Hall–Kier alpha value is -2.75. The number of carbonyl (C=O) groups is 1. The Morgan fingerprint density at radius 1 is 0.895 bits per heavy atom. The second-order valence-corrected chi connectivity index (χ2v) is 4.04. The maximum atomic E-state index is 12.1. The van der Waals surface area contributed by atoms with Crippen molar-refractivity contribution < 1.29 is 4.79 Å². The third-order valence-electron chi connectivity index (χ3n) is 2.79. The third-order valence-corrected chi connectivity index (χ3v) is 2.79. The van der Waals surface area contributed by atoms with Crippen molar-refractivity contribution in [2.24, 2.45) is 0 Å². The van der Waals surface area contributed by atoms with Crippen molar-refractivity contribution in [3.8, 4) is 0 Å². The van der Waals surface area contributed by atoms with Gasteiger partial charge in [0.15, 0.2) is 0 Å². The largest absolute Gasteiger partial charge is 0.320 e. The van der Waals surface area contributed by atoms with Gasteiger partial charge >= 0.3 is 0 Å². The first-order valence-electron chi connectivity index (χ1n) is 5.91. The molecule has 0 saturated carbocycles. The molecule has 0 fully saturated rings. The average molecular weight is 249 g/mol. The summed E-state index contributed by atoms with van der Waals surface area (Å²) in [6.07, 6.45) is 3.33. The van der Waals surface area contributed by atoms with Crippen LogP contribution >= 0.6 is 0 Å². The lowest BCUT2D eigenvalue weighted by Crippen LogP contribution is -2.13. The Kier molecular flexibility index (Phi) is 2.90. The van der Waals surface area contributed by atoms with E-state index in [9.17, 15) is 4.79 Å². The SMILES string of the molecule is O=C(Nc1cccc2ncccc12)c1ccccn1. The van der Waals surface area contributed by atoms with Gasteiger partial charge in [-0.1, -0.05) is 12.1 Å². The van der Waals surface area contributed by atoms with Gasteiger partial charge in [-0.25, -0.2) is 0 Å². The van der Waals surface area contributed by atoms with Crippen LogP contribution < -0.4 is 5.32 Å². The molecule has 0 atom stereocenters. The van der Waals surface area contributed by atoms with Crippen molar-refractivity contribution in [1.82, 2.24) is 9.97 Å². The summed E-state index contributed by atoms with van der Waals surface area (Å²) in [5.41, 5.74) is 1.98. The van der Waals surface area contributed by atoms with Crippen LogP contribution in [-0.2, 0) is 0 Å². The molecule has 0 spiro atoms. The fourth-order valence-corrected chi connectivity index (χ4v) is 1.90. The van der Waals surface area contributed by atoms with E-state index in [4.69, 9.17) is 0 Å². The van der Waals surface area contributed by atoms with Crippen molar-refractivity contribution in [2.75, 3.05) is 5.32 Å². The molecule has 1 N–H and O–H groups in total. The van der Waals surface area contributed by atoms with E-state index in [1.807, 2.05) is 30.3 Å². The molecule has 3 aromatic rings. The molecular weight excluding hydrogens is 238 g/mol. The van der Waals surface area contributed by atoms with Gasteiger partial charge in [-0.2, -0.15) is 0 Å². The molecule has 0 radical (unpaired) electrons. The standard InChI is InChI=1S/C15H11N3O/c19-15(14-6-1-2-9-17-14)18-13-8-3-7-12-11(13)5-4-10-16-12/h1-10H,(H,18,19). The van der Waals surface area contributed by atoms with E-state index in [0.717, 1.165) is 16.6 Å². The zero-order valence-corrected chi connectivity index (χ0v) is 10.1. The van der Waals surface area contributed by atoms with Gasteiger partial charge in [-0.05, 0) is 36.4 Å². The molecule has 0 saturated heterocycles. The van der Waals surface area contributed by atoms with Gasteiger partial charge in [0.2, 0.25) is 0 Å². The predicted molar refractivity (Wildman–Crippen MR) is 73.9 cm³/mol. The zero-order chi connectivity index (χ0) is 13.1. The fraction of sp³-hybridized carbons (Fsp3) is 0. The Morgan fingerprint density at radius 3 is 2.63 bits per heavy atom. The molecule has 0 bridgehead atoms. The van der Waals surface area contributed by atoms with Crippen molar-refractivity contribution in [1.29, 1.82) is 0 Å². The van der Waals surface area contributed by atoms with Crippen LogP contribution in [0.1, 0.15) is 10.5 Å². The van der Waals surface area contributed by atoms with Crippen LogP contribution in [0.4, 0.5) is 5.69 Å². The molecule has 0 aliphatic heterocycles. The summed E-state index contributed by atoms with van der Waals surface area (Å²) < 4.78 is 0. The smallest absolute Gasteiger partial charge is 0.274 e. The van der Waals surface area contributed by atoms with E-state index < -0.39 is 0 Å². The van der Waals surface area contributed by atoms with E-state index in [1.165, 1.54) is 0 Å². The lowest BCUT2D eigenvalue weighted by atomic mass is 10.2. The minimum atomic E-state index is -0.225. The number of nitrogens with zero attached hydrogens (tertiary/aromatic N) is 2. The Labute approximate surface area is 110 Å².